The van der Waals surface area contributed by atoms with Crippen molar-refractivity contribution in [2.45, 2.75) is 13.0 Å². The number of rotatable bonds is 2. The van der Waals surface area contributed by atoms with Crippen LogP contribution < -0.4 is 5.32 Å². The van der Waals surface area contributed by atoms with Crippen LogP contribution in [0.1, 0.15) is 17.4 Å². The van der Waals surface area contributed by atoms with E-state index >= 15 is 0 Å². The Labute approximate surface area is 105 Å². The first-order valence-electron chi connectivity index (χ1n) is 5.61. The van der Waals surface area contributed by atoms with Gasteiger partial charge in [0.1, 0.15) is 11.5 Å². The second-order valence-corrected chi connectivity index (χ2v) is 5.11. The molecule has 0 bridgehead atoms. The van der Waals surface area contributed by atoms with Gasteiger partial charge < -0.3 is 10.2 Å². The standard InChI is InChI=1S/C11H16N4OS/c1-8-7-17-4-3-15(8)11(16)9-5-13-6-10(12-2)14-9/h5-6,8H,3-4,7H2,1-2H3,(H,12,14). The molecule has 1 amide bonds. The van der Waals surface area contributed by atoms with E-state index in [1.807, 2.05) is 16.7 Å². The van der Waals surface area contributed by atoms with Gasteiger partial charge in [-0.25, -0.2) is 4.98 Å². The van der Waals surface area contributed by atoms with Crippen LogP contribution in [0.4, 0.5) is 5.82 Å². The van der Waals surface area contributed by atoms with E-state index in [9.17, 15) is 4.79 Å². The second kappa shape index (κ2) is 5.35. The summed E-state index contributed by atoms with van der Waals surface area (Å²) in [6.07, 6.45) is 3.13. The van der Waals surface area contributed by atoms with Crippen LogP contribution in [-0.2, 0) is 0 Å². The Bertz CT molecular complexity index is 412. The molecule has 0 radical (unpaired) electrons. The lowest BCUT2D eigenvalue weighted by Gasteiger charge is -2.32. The van der Waals surface area contributed by atoms with Crippen molar-refractivity contribution in [3.8, 4) is 0 Å². The molecule has 0 aliphatic carbocycles. The summed E-state index contributed by atoms with van der Waals surface area (Å²) in [5.74, 6) is 2.58. The Morgan fingerprint density at radius 1 is 1.59 bits per heavy atom. The number of hydrogen-bond donors (Lipinski definition) is 1. The number of nitrogens with one attached hydrogen (secondary N) is 1. The fraction of sp³-hybridized carbons (Fsp3) is 0.545. The molecule has 1 aromatic rings. The summed E-state index contributed by atoms with van der Waals surface area (Å²) in [6, 6.07) is 0.265. The second-order valence-electron chi connectivity index (χ2n) is 3.96. The van der Waals surface area contributed by atoms with Crippen LogP contribution in [0.15, 0.2) is 12.4 Å². The molecule has 1 aliphatic heterocycles. The van der Waals surface area contributed by atoms with Crippen molar-refractivity contribution in [1.82, 2.24) is 14.9 Å². The number of anilines is 1. The maximum Gasteiger partial charge on any atom is 0.274 e. The fourth-order valence-corrected chi connectivity index (χ4v) is 2.78. The highest BCUT2D eigenvalue weighted by atomic mass is 32.2. The fourth-order valence-electron chi connectivity index (χ4n) is 1.77. The zero-order chi connectivity index (χ0) is 12.3. The molecule has 1 N–H and O–H groups in total. The molecule has 92 valence electrons. The van der Waals surface area contributed by atoms with Gasteiger partial charge in [-0.15, -0.1) is 0 Å². The Balaban J connectivity index is 2.17. The minimum absolute atomic E-state index is 0.0256. The highest BCUT2D eigenvalue weighted by Gasteiger charge is 2.25. The van der Waals surface area contributed by atoms with Crippen molar-refractivity contribution in [3.63, 3.8) is 0 Å². The lowest BCUT2D eigenvalue weighted by atomic mass is 10.2. The highest BCUT2D eigenvalue weighted by molar-refractivity contribution is 7.99. The van der Waals surface area contributed by atoms with E-state index in [0.717, 1.165) is 18.1 Å². The summed E-state index contributed by atoms with van der Waals surface area (Å²) in [6.45, 7) is 2.86. The van der Waals surface area contributed by atoms with Gasteiger partial charge in [-0.2, -0.15) is 11.8 Å². The largest absolute Gasteiger partial charge is 0.372 e. The highest BCUT2D eigenvalue weighted by Crippen LogP contribution is 2.18. The van der Waals surface area contributed by atoms with Gasteiger partial charge in [0, 0.05) is 31.1 Å². The number of carbonyl (C=O) groups is 1. The minimum Gasteiger partial charge on any atom is -0.372 e. The van der Waals surface area contributed by atoms with Gasteiger partial charge in [0.05, 0.1) is 12.4 Å². The third kappa shape index (κ3) is 2.69. The maximum absolute atomic E-state index is 12.3. The van der Waals surface area contributed by atoms with Crippen molar-refractivity contribution in [1.29, 1.82) is 0 Å². The summed E-state index contributed by atoms with van der Waals surface area (Å²) >= 11 is 1.88. The molecule has 1 saturated heterocycles. The van der Waals surface area contributed by atoms with Crippen molar-refractivity contribution in [2.75, 3.05) is 30.4 Å². The smallest absolute Gasteiger partial charge is 0.274 e. The molecule has 0 aromatic carbocycles. The normalized spacial score (nSPS) is 20.1. The monoisotopic (exact) mass is 252 g/mol. The first kappa shape index (κ1) is 12.2. The number of amides is 1. The molecule has 6 heteroatoms. The number of thioether (sulfide) groups is 1. The van der Waals surface area contributed by atoms with Gasteiger partial charge in [0.2, 0.25) is 0 Å². The molecule has 2 heterocycles. The van der Waals surface area contributed by atoms with Crippen LogP contribution in [0.5, 0.6) is 0 Å². The van der Waals surface area contributed by atoms with E-state index in [2.05, 4.69) is 22.2 Å². The van der Waals surface area contributed by atoms with Crippen molar-refractivity contribution >= 4 is 23.5 Å². The quantitative estimate of drug-likeness (QED) is 0.854. The van der Waals surface area contributed by atoms with Crippen LogP contribution in [0.25, 0.3) is 0 Å². The van der Waals surface area contributed by atoms with Crippen LogP contribution in [0.3, 0.4) is 0 Å². The molecular formula is C11H16N4OS. The van der Waals surface area contributed by atoms with E-state index in [0.29, 0.717) is 11.5 Å². The lowest BCUT2D eigenvalue weighted by Crippen LogP contribution is -2.44. The van der Waals surface area contributed by atoms with Crippen molar-refractivity contribution in [3.05, 3.63) is 18.1 Å². The minimum atomic E-state index is -0.0256. The Morgan fingerprint density at radius 2 is 2.41 bits per heavy atom. The molecule has 5 nitrogen and oxygen atoms in total. The SMILES string of the molecule is CNc1cncc(C(=O)N2CCSCC2C)n1. The van der Waals surface area contributed by atoms with Crippen LogP contribution in [-0.4, -0.2) is 51.9 Å². The predicted octanol–water partition coefficient (Wildman–Crippen LogP) is 1.10. The van der Waals surface area contributed by atoms with Gasteiger partial charge in [-0.3, -0.25) is 9.78 Å². The van der Waals surface area contributed by atoms with Crippen molar-refractivity contribution < 1.29 is 4.79 Å². The summed E-state index contributed by atoms with van der Waals surface area (Å²) in [5.41, 5.74) is 0.413. The van der Waals surface area contributed by atoms with Gasteiger partial charge in [-0.05, 0) is 6.92 Å². The van der Waals surface area contributed by atoms with E-state index in [-0.39, 0.29) is 11.9 Å². The zero-order valence-electron chi connectivity index (χ0n) is 10.0. The Kier molecular flexibility index (Phi) is 3.83. The van der Waals surface area contributed by atoms with Crippen LogP contribution in [0.2, 0.25) is 0 Å². The molecule has 1 fully saturated rings. The van der Waals surface area contributed by atoms with Crippen LogP contribution >= 0.6 is 11.8 Å². The van der Waals surface area contributed by atoms with E-state index in [1.54, 1.807) is 13.2 Å². The van der Waals surface area contributed by atoms with E-state index in [4.69, 9.17) is 0 Å². The number of nitrogens with zero attached hydrogens (tertiary/aromatic N) is 3. The van der Waals surface area contributed by atoms with E-state index < -0.39 is 0 Å². The number of aromatic nitrogens is 2. The third-order valence-corrected chi connectivity index (χ3v) is 3.93. The van der Waals surface area contributed by atoms with Gasteiger partial charge in [0.15, 0.2) is 0 Å². The molecule has 1 aliphatic rings. The molecular weight excluding hydrogens is 236 g/mol. The number of hydrogen-bond acceptors (Lipinski definition) is 5. The van der Waals surface area contributed by atoms with Crippen molar-refractivity contribution in [2.24, 2.45) is 0 Å². The molecule has 1 aromatic heterocycles. The third-order valence-electron chi connectivity index (χ3n) is 2.74. The summed E-state index contributed by atoms with van der Waals surface area (Å²) in [7, 11) is 1.76. The number of carbonyl (C=O) groups excluding carboxylic acids is 1. The topological polar surface area (TPSA) is 58.1 Å². The average molecular weight is 252 g/mol. The summed E-state index contributed by atoms with van der Waals surface area (Å²) in [4.78, 5) is 22.4. The van der Waals surface area contributed by atoms with Crippen LogP contribution in [0, 0.1) is 0 Å². The molecule has 0 spiro atoms. The molecule has 1 atom stereocenters. The Morgan fingerprint density at radius 3 is 3.12 bits per heavy atom. The molecule has 1 unspecified atom stereocenters. The molecule has 0 saturated carbocycles. The maximum atomic E-state index is 12.3. The van der Waals surface area contributed by atoms with Gasteiger partial charge in [0.25, 0.3) is 5.91 Å². The zero-order valence-corrected chi connectivity index (χ0v) is 10.8. The first-order valence-corrected chi connectivity index (χ1v) is 6.76. The Hall–Kier alpha value is -1.30. The molecule has 17 heavy (non-hydrogen) atoms. The molecule has 2 rings (SSSR count). The lowest BCUT2D eigenvalue weighted by molar-refractivity contribution is 0.0709. The predicted molar refractivity (Wildman–Crippen MR) is 69.4 cm³/mol. The van der Waals surface area contributed by atoms with E-state index in [1.165, 1.54) is 6.20 Å². The average Bonchev–Trinajstić information content (AvgIpc) is 2.38. The summed E-state index contributed by atoms with van der Waals surface area (Å²) in [5, 5.41) is 2.89. The van der Waals surface area contributed by atoms with Gasteiger partial charge >= 0.3 is 0 Å². The van der Waals surface area contributed by atoms with Gasteiger partial charge in [-0.1, -0.05) is 0 Å². The summed E-state index contributed by atoms with van der Waals surface area (Å²) < 4.78 is 0. The first-order chi connectivity index (χ1) is 8.22.